The van der Waals surface area contributed by atoms with Crippen LogP contribution in [0.5, 0.6) is 11.5 Å². The number of carbonyl (C=O) groups is 1. The fourth-order valence-corrected chi connectivity index (χ4v) is 4.13. The van der Waals surface area contributed by atoms with Crippen LogP contribution in [0.15, 0.2) is 42.5 Å². The summed E-state index contributed by atoms with van der Waals surface area (Å²) in [7, 11) is 0. The second kappa shape index (κ2) is 8.02. The first-order valence-electron chi connectivity index (χ1n) is 9.27. The van der Waals surface area contributed by atoms with Crippen molar-refractivity contribution < 1.29 is 14.3 Å². The van der Waals surface area contributed by atoms with Crippen molar-refractivity contribution in [2.45, 2.75) is 26.7 Å². The molecule has 1 aromatic heterocycles. The predicted molar refractivity (Wildman–Crippen MR) is 110 cm³/mol. The molecule has 0 unspecified atom stereocenters. The van der Waals surface area contributed by atoms with Crippen LogP contribution in [-0.2, 0) is 17.6 Å². The van der Waals surface area contributed by atoms with E-state index in [1.54, 1.807) is 11.3 Å². The molecule has 6 heteroatoms. The van der Waals surface area contributed by atoms with E-state index in [1.807, 2.05) is 25.1 Å². The summed E-state index contributed by atoms with van der Waals surface area (Å²) in [4.78, 5) is 18.1. The van der Waals surface area contributed by atoms with Crippen molar-refractivity contribution in [1.82, 2.24) is 10.3 Å². The second-order valence-electron chi connectivity index (χ2n) is 6.84. The molecule has 2 aromatic carbocycles. The number of ether oxygens (including phenoxy) is 2. The van der Waals surface area contributed by atoms with Crippen LogP contribution in [-0.4, -0.2) is 24.2 Å². The Morgan fingerprint density at radius 3 is 2.71 bits per heavy atom. The minimum Gasteiger partial charge on any atom is -0.454 e. The zero-order valence-corrected chi connectivity index (χ0v) is 16.8. The lowest BCUT2D eigenvalue weighted by Gasteiger charge is -2.07. The van der Waals surface area contributed by atoms with Gasteiger partial charge in [0.1, 0.15) is 0 Å². The molecule has 0 bridgehead atoms. The molecule has 1 N–H and O–H groups in total. The Balaban J connectivity index is 1.36. The molecule has 144 valence electrons. The summed E-state index contributed by atoms with van der Waals surface area (Å²) in [6.45, 7) is 4.89. The van der Waals surface area contributed by atoms with E-state index in [1.165, 1.54) is 5.56 Å². The number of amides is 1. The van der Waals surface area contributed by atoms with E-state index in [-0.39, 0.29) is 12.7 Å². The third-order valence-corrected chi connectivity index (χ3v) is 5.59. The number of benzene rings is 2. The topological polar surface area (TPSA) is 60.5 Å². The van der Waals surface area contributed by atoms with Gasteiger partial charge in [-0.05, 0) is 38.0 Å². The number of carbonyl (C=O) groups excluding carboxylic acids is 1. The second-order valence-corrected chi connectivity index (χ2v) is 8.12. The van der Waals surface area contributed by atoms with Gasteiger partial charge in [0.25, 0.3) is 0 Å². The van der Waals surface area contributed by atoms with E-state index in [2.05, 4.69) is 41.5 Å². The molecule has 0 saturated carbocycles. The standard InChI is InChI=1S/C22H22N2O3S/c1-14-3-6-17(7-4-14)22-20(28-15(2)24-22)12-21(25)23-10-9-16-5-8-18-19(11-16)27-13-26-18/h3-8,11H,9-10,12-13H2,1-2H3,(H,23,25). The molecule has 1 aliphatic rings. The Kier molecular flexibility index (Phi) is 5.30. The number of thiazole rings is 1. The van der Waals surface area contributed by atoms with Crippen LogP contribution in [0.4, 0.5) is 0 Å². The van der Waals surface area contributed by atoms with Gasteiger partial charge in [0, 0.05) is 17.0 Å². The zero-order valence-electron chi connectivity index (χ0n) is 16.0. The van der Waals surface area contributed by atoms with Crippen LogP contribution < -0.4 is 14.8 Å². The largest absolute Gasteiger partial charge is 0.454 e. The van der Waals surface area contributed by atoms with E-state index in [4.69, 9.17) is 9.47 Å². The number of nitrogens with zero attached hydrogens (tertiary/aromatic N) is 1. The molecule has 1 amide bonds. The summed E-state index contributed by atoms with van der Waals surface area (Å²) < 4.78 is 10.7. The lowest BCUT2D eigenvalue weighted by molar-refractivity contribution is -0.120. The SMILES string of the molecule is Cc1ccc(-c2nc(C)sc2CC(=O)NCCc2ccc3c(c2)OCO3)cc1. The Morgan fingerprint density at radius 1 is 1.11 bits per heavy atom. The van der Waals surface area contributed by atoms with Crippen LogP contribution in [0.3, 0.4) is 0 Å². The minimum atomic E-state index is 0.0118. The van der Waals surface area contributed by atoms with Crippen molar-refractivity contribution >= 4 is 17.2 Å². The third-order valence-electron chi connectivity index (χ3n) is 4.62. The van der Waals surface area contributed by atoms with Gasteiger partial charge in [0.15, 0.2) is 11.5 Å². The van der Waals surface area contributed by atoms with Crippen molar-refractivity contribution in [3.8, 4) is 22.8 Å². The molecule has 0 atom stereocenters. The molecule has 0 saturated heterocycles. The Morgan fingerprint density at radius 2 is 1.89 bits per heavy atom. The summed E-state index contributed by atoms with van der Waals surface area (Å²) in [5.41, 5.74) is 4.28. The van der Waals surface area contributed by atoms with Gasteiger partial charge in [0.05, 0.1) is 17.1 Å². The molecule has 4 rings (SSSR count). The molecule has 0 radical (unpaired) electrons. The van der Waals surface area contributed by atoms with E-state index in [9.17, 15) is 4.79 Å². The quantitative estimate of drug-likeness (QED) is 0.685. The van der Waals surface area contributed by atoms with Gasteiger partial charge >= 0.3 is 0 Å². The lowest BCUT2D eigenvalue weighted by Crippen LogP contribution is -2.27. The van der Waals surface area contributed by atoms with E-state index in [0.717, 1.165) is 44.6 Å². The zero-order chi connectivity index (χ0) is 19.5. The Bertz CT molecular complexity index is 996. The van der Waals surface area contributed by atoms with E-state index in [0.29, 0.717) is 13.0 Å². The van der Waals surface area contributed by atoms with E-state index >= 15 is 0 Å². The van der Waals surface area contributed by atoms with Gasteiger partial charge in [-0.1, -0.05) is 35.9 Å². The van der Waals surface area contributed by atoms with Crippen LogP contribution in [0, 0.1) is 13.8 Å². The van der Waals surface area contributed by atoms with E-state index < -0.39 is 0 Å². The number of rotatable bonds is 6. The highest BCUT2D eigenvalue weighted by molar-refractivity contribution is 7.12. The maximum atomic E-state index is 12.5. The summed E-state index contributed by atoms with van der Waals surface area (Å²) >= 11 is 1.58. The summed E-state index contributed by atoms with van der Waals surface area (Å²) in [5.74, 6) is 1.56. The molecule has 0 fully saturated rings. The fraction of sp³-hybridized carbons (Fsp3) is 0.273. The van der Waals surface area contributed by atoms with Gasteiger partial charge in [-0.25, -0.2) is 4.98 Å². The van der Waals surface area contributed by atoms with Crippen molar-refractivity contribution in [3.05, 3.63) is 63.5 Å². The van der Waals surface area contributed by atoms with Gasteiger partial charge in [-0.15, -0.1) is 11.3 Å². The maximum absolute atomic E-state index is 12.5. The summed E-state index contributed by atoms with van der Waals surface area (Å²) in [6, 6.07) is 14.1. The van der Waals surface area contributed by atoms with Crippen molar-refractivity contribution in [2.24, 2.45) is 0 Å². The average Bonchev–Trinajstić information content (AvgIpc) is 3.28. The van der Waals surface area contributed by atoms with Crippen LogP contribution in [0.1, 0.15) is 21.0 Å². The number of hydrogen-bond acceptors (Lipinski definition) is 5. The highest BCUT2D eigenvalue weighted by Crippen LogP contribution is 2.32. The minimum absolute atomic E-state index is 0.0118. The van der Waals surface area contributed by atoms with Crippen molar-refractivity contribution in [2.75, 3.05) is 13.3 Å². The lowest BCUT2D eigenvalue weighted by atomic mass is 10.1. The van der Waals surface area contributed by atoms with Gasteiger partial charge in [-0.3, -0.25) is 4.79 Å². The molecule has 5 nitrogen and oxygen atoms in total. The first-order valence-corrected chi connectivity index (χ1v) is 10.1. The molecule has 3 aromatic rings. The summed E-state index contributed by atoms with van der Waals surface area (Å²) in [6.07, 6.45) is 1.09. The number of aromatic nitrogens is 1. The molecular weight excluding hydrogens is 372 g/mol. The average molecular weight is 394 g/mol. The molecular formula is C22H22N2O3S. The van der Waals surface area contributed by atoms with Gasteiger partial charge in [0.2, 0.25) is 12.7 Å². The molecule has 28 heavy (non-hydrogen) atoms. The number of nitrogens with one attached hydrogen (secondary N) is 1. The molecule has 2 heterocycles. The first kappa shape index (κ1) is 18.5. The van der Waals surface area contributed by atoms with Crippen LogP contribution in [0.25, 0.3) is 11.3 Å². The van der Waals surface area contributed by atoms with Crippen LogP contribution >= 0.6 is 11.3 Å². The predicted octanol–water partition coefficient (Wildman–Crippen LogP) is 4.06. The monoisotopic (exact) mass is 394 g/mol. The van der Waals surface area contributed by atoms with Crippen molar-refractivity contribution in [1.29, 1.82) is 0 Å². The van der Waals surface area contributed by atoms with Crippen LogP contribution in [0.2, 0.25) is 0 Å². The smallest absolute Gasteiger partial charge is 0.231 e. The normalized spacial score (nSPS) is 12.2. The maximum Gasteiger partial charge on any atom is 0.231 e. The first-order chi connectivity index (χ1) is 13.6. The third kappa shape index (κ3) is 4.17. The van der Waals surface area contributed by atoms with Gasteiger partial charge < -0.3 is 14.8 Å². The molecule has 0 spiro atoms. The number of aryl methyl sites for hydroxylation is 2. The Labute approximate surface area is 168 Å². The fourth-order valence-electron chi connectivity index (χ4n) is 3.18. The number of hydrogen-bond donors (Lipinski definition) is 1. The molecule has 0 aliphatic carbocycles. The highest BCUT2D eigenvalue weighted by Gasteiger charge is 2.15. The Hall–Kier alpha value is -2.86. The summed E-state index contributed by atoms with van der Waals surface area (Å²) in [5, 5.41) is 3.98. The molecule has 1 aliphatic heterocycles. The number of fused-ring (bicyclic) bond motifs is 1. The highest BCUT2D eigenvalue weighted by atomic mass is 32.1. The van der Waals surface area contributed by atoms with Crippen molar-refractivity contribution in [3.63, 3.8) is 0 Å². The van der Waals surface area contributed by atoms with Gasteiger partial charge in [-0.2, -0.15) is 0 Å².